The molecule has 0 radical (unpaired) electrons. The van der Waals surface area contributed by atoms with Crippen molar-refractivity contribution in [3.8, 4) is 11.5 Å². The largest absolute Gasteiger partial charge is 0.497 e. The number of rotatable bonds is 4. The molecule has 156 valence electrons. The minimum Gasteiger partial charge on any atom is -0.497 e. The number of fused-ring (bicyclic) bond motifs is 2. The van der Waals surface area contributed by atoms with Crippen LogP contribution in [0.1, 0.15) is 33.3 Å². The summed E-state index contributed by atoms with van der Waals surface area (Å²) < 4.78 is 16.9. The number of nitrogens with zero attached hydrogens (tertiary/aromatic N) is 2. The molecule has 0 bridgehead atoms. The number of aryl methyl sites for hydroxylation is 1. The molecule has 0 unspecified atom stereocenters. The number of carbonyl (C=O) groups is 1. The number of ether oxygens (including phenoxy) is 2. The molecule has 0 aliphatic carbocycles. The average Bonchev–Trinajstić information content (AvgIpc) is 3.40. The summed E-state index contributed by atoms with van der Waals surface area (Å²) >= 11 is 1.31. The van der Waals surface area contributed by atoms with Crippen LogP contribution in [-0.4, -0.2) is 25.1 Å². The summed E-state index contributed by atoms with van der Waals surface area (Å²) in [5.74, 6) is 0.708. The number of thiazole rings is 1. The summed E-state index contributed by atoms with van der Waals surface area (Å²) in [6, 6.07) is 9.86. The van der Waals surface area contributed by atoms with Crippen LogP contribution in [0.3, 0.4) is 0 Å². The first kappa shape index (κ1) is 19.3. The number of anilines is 1. The van der Waals surface area contributed by atoms with Crippen molar-refractivity contribution in [2.45, 2.75) is 13.0 Å². The minimum atomic E-state index is -0.764. The van der Waals surface area contributed by atoms with E-state index in [0.29, 0.717) is 33.2 Å². The summed E-state index contributed by atoms with van der Waals surface area (Å²) in [6.07, 6.45) is 1.62. The molecular formula is C23H18N2O5S. The van der Waals surface area contributed by atoms with E-state index in [1.165, 1.54) is 16.2 Å². The van der Waals surface area contributed by atoms with Crippen LogP contribution in [0, 0.1) is 6.92 Å². The van der Waals surface area contributed by atoms with Crippen LogP contribution in [0.25, 0.3) is 11.0 Å². The zero-order chi connectivity index (χ0) is 21.7. The topological polar surface area (TPSA) is 81.9 Å². The number of aromatic nitrogens is 1. The molecule has 1 atom stereocenters. The fourth-order valence-corrected chi connectivity index (χ4v) is 4.63. The van der Waals surface area contributed by atoms with Crippen LogP contribution in [0.4, 0.5) is 5.13 Å². The van der Waals surface area contributed by atoms with Gasteiger partial charge in [0.1, 0.15) is 23.1 Å². The van der Waals surface area contributed by atoms with Gasteiger partial charge in [-0.15, -0.1) is 11.3 Å². The lowest BCUT2D eigenvalue weighted by molar-refractivity contribution is 0.0970. The molecule has 3 heterocycles. The Morgan fingerprint density at radius 3 is 2.65 bits per heavy atom. The van der Waals surface area contributed by atoms with Crippen LogP contribution in [-0.2, 0) is 0 Å². The highest BCUT2D eigenvalue weighted by Crippen LogP contribution is 2.45. The Kier molecular flexibility index (Phi) is 4.51. The van der Waals surface area contributed by atoms with Crippen LogP contribution in [0.15, 0.2) is 57.2 Å². The Bertz CT molecular complexity index is 1380. The molecule has 1 aliphatic heterocycles. The van der Waals surface area contributed by atoms with Crippen molar-refractivity contribution in [1.29, 1.82) is 0 Å². The van der Waals surface area contributed by atoms with E-state index in [-0.39, 0.29) is 16.8 Å². The third-order valence-corrected chi connectivity index (χ3v) is 6.15. The van der Waals surface area contributed by atoms with Crippen molar-refractivity contribution >= 4 is 33.3 Å². The smallest absolute Gasteiger partial charge is 0.297 e. The SMILES string of the molecule is COc1ccc(OC)c([C@@H]2c3c(oc4ccc(C)cc4c3=O)C(=O)N2c2nccs2)c1. The van der Waals surface area contributed by atoms with Gasteiger partial charge in [0, 0.05) is 17.1 Å². The highest BCUT2D eigenvalue weighted by Gasteiger charge is 2.46. The predicted molar refractivity (Wildman–Crippen MR) is 118 cm³/mol. The van der Waals surface area contributed by atoms with E-state index in [2.05, 4.69) is 4.98 Å². The molecule has 31 heavy (non-hydrogen) atoms. The maximum Gasteiger partial charge on any atom is 0.297 e. The fourth-order valence-electron chi connectivity index (χ4n) is 3.97. The molecule has 0 spiro atoms. The van der Waals surface area contributed by atoms with Crippen molar-refractivity contribution < 1.29 is 18.7 Å². The van der Waals surface area contributed by atoms with E-state index < -0.39 is 11.9 Å². The highest BCUT2D eigenvalue weighted by atomic mass is 32.1. The normalized spacial score (nSPS) is 15.4. The molecule has 2 aromatic carbocycles. The zero-order valence-corrected chi connectivity index (χ0v) is 17.9. The molecule has 4 aromatic rings. The zero-order valence-electron chi connectivity index (χ0n) is 17.0. The Labute approximate surface area is 181 Å². The molecule has 8 heteroatoms. The quantitative estimate of drug-likeness (QED) is 0.476. The van der Waals surface area contributed by atoms with Crippen LogP contribution in [0.2, 0.25) is 0 Å². The summed E-state index contributed by atoms with van der Waals surface area (Å²) in [5.41, 5.74) is 1.94. The standard InChI is InChI=1S/C23H18N2O5S/c1-12-4-6-17-15(10-12)20(26)18-19(14-11-13(28-2)5-7-16(14)29-3)25(22(27)21(18)30-17)23-24-8-9-31-23/h4-11,19H,1-3H3/t19-/m1/s1. The first-order valence-electron chi connectivity index (χ1n) is 9.56. The van der Waals surface area contributed by atoms with Gasteiger partial charge >= 0.3 is 0 Å². The van der Waals surface area contributed by atoms with Gasteiger partial charge in [0.05, 0.1) is 25.2 Å². The van der Waals surface area contributed by atoms with E-state index in [4.69, 9.17) is 13.9 Å². The number of hydrogen-bond donors (Lipinski definition) is 0. The predicted octanol–water partition coefficient (Wildman–Crippen LogP) is 4.32. The second-order valence-electron chi connectivity index (χ2n) is 7.17. The summed E-state index contributed by atoms with van der Waals surface area (Å²) in [4.78, 5) is 32.9. The van der Waals surface area contributed by atoms with Crippen LogP contribution in [0.5, 0.6) is 11.5 Å². The van der Waals surface area contributed by atoms with Gasteiger partial charge in [0.15, 0.2) is 10.6 Å². The minimum absolute atomic E-state index is 0.0198. The molecular weight excluding hydrogens is 416 g/mol. The number of methoxy groups -OCH3 is 2. The Hall–Kier alpha value is -3.65. The second kappa shape index (κ2) is 7.24. The monoisotopic (exact) mass is 434 g/mol. The molecule has 0 saturated carbocycles. The van der Waals surface area contributed by atoms with Crippen molar-refractivity contribution in [2.24, 2.45) is 0 Å². The van der Waals surface area contributed by atoms with Gasteiger partial charge in [-0.2, -0.15) is 0 Å². The van der Waals surface area contributed by atoms with E-state index in [9.17, 15) is 9.59 Å². The molecule has 1 amide bonds. The summed E-state index contributed by atoms with van der Waals surface area (Å²) in [5, 5.41) is 2.67. The van der Waals surface area contributed by atoms with E-state index in [0.717, 1.165) is 5.56 Å². The summed E-state index contributed by atoms with van der Waals surface area (Å²) in [7, 11) is 3.10. The molecule has 5 rings (SSSR count). The molecule has 0 saturated heterocycles. The van der Waals surface area contributed by atoms with Crippen molar-refractivity contribution in [1.82, 2.24) is 4.98 Å². The van der Waals surface area contributed by atoms with Crippen molar-refractivity contribution in [2.75, 3.05) is 19.1 Å². The first-order valence-corrected chi connectivity index (χ1v) is 10.4. The van der Waals surface area contributed by atoms with Gasteiger partial charge in [-0.05, 0) is 37.3 Å². The second-order valence-corrected chi connectivity index (χ2v) is 8.05. The lowest BCUT2D eigenvalue weighted by Gasteiger charge is -2.24. The Morgan fingerprint density at radius 2 is 1.94 bits per heavy atom. The lowest BCUT2D eigenvalue weighted by atomic mass is 9.97. The molecule has 2 aromatic heterocycles. The average molecular weight is 434 g/mol. The summed E-state index contributed by atoms with van der Waals surface area (Å²) in [6.45, 7) is 1.90. The lowest BCUT2D eigenvalue weighted by Crippen LogP contribution is -2.29. The third kappa shape index (κ3) is 2.90. The maximum atomic E-state index is 13.6. The molecule has 1 aliphatic rings. The van der Waals surface area contributed by atoms with Gasteiger partial charge in [0.2, 0.25) is 5.76 Å². The van der Waals surface area contributed by atoms with E-state index in [1.807, 2.05) is 13.0 Å². The Balaban J connectivity index is 1.86. The van der Waals surface area contributed by atoms with Crippen molar-refractivity contribution in [3.05, 3.63) is 80.6 Å². The first-order chi connectivity index (χ1) is 15.0. The van der Waals surface area contributed by atoms with Crippen LogP contribution < -0.4 is 19.8 Å². The maximum absolute atomic E-state index is 13.6. The van der Waals surface area contributed by atoms with Gasteiger partial charge in [0.25, 0.3) is 5.91 Å². The number of carbonyl (C=O) groups excluding carboxylic acids is 1. The fraction of sp³-hybridized carbons (Fsp3) is 0.174. The van der Waals surface area contributed by atoms with Gasteiger partial charge in [-0.3, -0.25) is 14.5 Å². The van der Waals surface area contributed by atoms with Gasteiger partial charge < -0.3 is 13.9 Å². The van der Waals surface area contributed by atoms with E-state index in [1.54, 1.807) is 56.1 Å². The molecule has 0 N–H and O–H groups in total. The van der Waals surface area contributed by atoms with Gasteiger partial charge in [-0.1, -0.05) is 11.6 Å². The van der Waals surface area contributed by atoms with Gasteiger partial charge in [-0.25, -0.2) is 4.98 Å². The Morgan fingerprint density at radius 1 is 1.10 bits per heavy atom. The highest BCUT2D eigenvalue weighted by molar-refractivity contribution is 7.13. The molecule has 7 nitrogen and oxygen atoms in total. The third-order valence-electron chi connectivity index (χ3n) is 5.38. The van der Waals surface area contributed by atoms with Crippen LogP contribution >= 0.6 is 11.3 Å². The van der Waals surface area contributed by atoms with E-state index >= 15 is 0 Å². The molecule has 0 fully saturated rings. The number of amides is 1. The van der Waals surface area contributed by atoms with Crippen molar-refractivity contribution in [3.63, 3.8) is 0 Å². The number of hydrogen-bond acceptors (Lipinski definition) is 7. The number of benzene rings is 2.